The van der Waals surface area contributed by atoms with Gasteiger partial charge in [-0.1, -0.05) is 22.0 Å². The quantitative estimate of drug-likeness (QED) is 0.775. The van der Waals surface area contributed by atoms with Crippen molar-refractivity contribution in [3.05, 3.63) is 58.1 Å². The molecule has 0 spiro atoms. The highest BCUT2D eigenvalue weighted by atomic mass is 79.9. The first kappa shape index (κ1) is 14.4. The zero-order valence-electron chi connectivity index (χ0n) is 11.1. The van der Waals surface area contributed by atoms with Gasteiger partial charge in [-0.05, 0) is 48.9 Å². The van der Waals surface area contributed by atoms with E-state index in [4.69, 9.17) is 14.7 Å². The maximum Gasteiger partial charge on any atom is 0.122 e. The van der Waals surface area contributed by atoms with Crippen LogP contribution in [0.2, 0.25) is 0 Å². The molecular weight excluding hydrogens is 318 g/mol. The van der Waals surface area contributed by atoms with E-state index in [9.17, 15) is 0 Å². The molecular formula is C16H14BrNO2. The van der Waals surface area contributed by atoms with Crippen molar-refractivity contribution in [2.75, 3.05) is 13.2 Å². The van der Waals surface area contributed by atoms with Gasteiger partial charge in [-0.2, -0.15) is 5.26 Å². The zero-order chi connectivity index (χ0) is 14.4. The van der Waals surface area contributed by atoms with Gasteiger partial charge < -0.3 is 9.47 Å². The van der Waals surface area contributed by atoms with E-state index < -0.39 is 0 Å². The molecule has 0 amide bonds. The summed E-state index contributed by atoms with van der Waals surface area (Å²) in [5.41, 5.74) is 1.66. The Bertz CT molecular complexity index is 635. The zero-order valence-corrected chi connectivity index (χ0v) is 12.7. The topological polar surface area (TPSA) is 42.2 Å². The third kappa shape index (κ3) is 4.01. The minimum absolute atomic E-state index is 0.435. The Hall–Kier alpha value is -1.99. The maximum atomic E-state index is 8.80. The van der Waals surface area contributed by atoms with Crippen LogP contribution >= 0.6 is 15.9 Å². The van der Waals surface area contributed by atoms with Crippen LogP contribution in [0.4, 0.5) is 0 Å². The normalized spacial score (nSPS) is 9.85. The summed E-state index contributed by atoms with van der Waals surface area (Å²) in [5, 5.41) is 8.80. The molecule has 0 radical (unpaired) electrons. The standard InChI is InChI=1S/C16H14BrNO2/c1-12-9-14(17)5-6-16(12)20-8-7-19-15-4-2-3-13(10-15)11-18/h2-6,9-10H,7-8H2,1H3. The molecule has 0 saturated heterocycles. The van der Waals surface area contributed by atoms with Crippen molar-refractivity contribution in [1.29, 1.82) is 5.26 Å². The van der Waals surface area contributed by atoms with E-state index in [1.807, 2.05) is 31.2 Å². The fourth-order valence-electron chi connectivity index (χ4n) is 1.74. The van der Waals surface area contributed by atoms with Crippen LogP contribution in [-0.4, -0.2) is 13.2 Å². The minimum Gasteiger partial charge on any atom is -0.490 e. The van der Waals surface area contributed by atoms with Crippen molar-refractivity contribution in [3.63, 3.8) is 0 Å². The van der Waals surface area contributed by atoms with Crippen LogP contribution in [0.3, 0.4) is 0 Å². The number of rotatable bonds is 5. The van der Waals surface area contributed by atoms with Gasteiger partial charge in [-0.15, -0.1) is 0 Å². The Morgan fingerprint density at radius 3 is 2.65 bits per heavy atom. The van der Waals surface area contributed by atoms with E-state index in [0.717, 1.165) is 15.8 Å². The van der Waals surface area contributed by atoms with Crippen molar-refractivity contribution in [1.82, 2.24) is 0 Å². The highest BCUT2D eigenvalue weighted by Crippen LogP contribution is 2.22. The highest BCUT2D eigenvalue weighted by Gasteiger charge is 2.01. The lowest BCUT2D eigenvalue weighted by Crippen LogP contribution is -2.09. The van der Waals surface area contributed by atoms with Crippen LogP contribution in [0.5, 0.6) is 11.5 Å². The second-order valence-corrected chi connectivity index (χ2v) is 5.16. The van der Waals surface area contributed by atoms with Crippen molar-refractivity contribution < 1.29 is 9.47 Å². The summed E-state index contributed by atoms with van der Waals surface area (Å²) in [6.07, 6.45) is 0. The van der Waals surface area contributed by atoms with E-state index in [1.54, 1.807) is 18.2 Å². The molecule has 0 aliphatic carbocycles. The molecule has 2 rings (SSSR count). The number of nitriles is 1. The molecule has 102 valence electrons. The smallest absolute Gasteiger partial charge is 0.122 e. The van der Waals surface area contributed by atoms with Gasteiger partial charge >= 0.3 is 0 Å². The average molecular weight is 332 g/mol. The third-order valence-electron chi connectivity index (χ3n) is 2.71. The van der Waals surface area contributed by atoms with Crippen LogP contribution in [-0.2, 0) is 0 Å². The largest absolute Gasteiger partial charge is 0.490 e. The van der Waals surface area contributed by atoms with E-state index in [1.165, 1.54) is 0 Å². The summed E-state index contributed by atoms with van der Waals surface area (Å²) in [6, 6.07) is 15.0. The average Bonchev–Trinajstić information content (AvgIpc) is 2.45. The van der Waals surface area contributed by atoms with Crippen molar-refractivity contribution in [3.8, 4) is 17.6 Å². The van der Waals surface area contributed by atoms with Crippen LogP contribution < -0.4 is 9.47 Å². The predicted molar refractivity (Wildman–Crippen MR) is 81.0 cm³/mol. The van der Waals surface area contributed by atoms with Crippen LogP contribution in [0, 0.1) is 18.3 Å². The highest BCUT2D eigenvalue weighted by molar-refractivity contribution is 9.10. The van der Waals surface area contributed by atoms with Crippen LogP contribution in [0.25, 0.3) is 0 Å². The monoisotopic (exact) mass is 331 g/mol. The second kappa shape index (κ2) is 6.97. The Kier molecular flexibility index (Phi) is 5.03. The lowest BCUT2D eigenvalue weighted by Gasteiger charge is -2.10. The maximum absolute atomic E-state index is 8.80. The number of benzene rings is 2. The van der Waals surface area contributed by atoms with Crippen molar-refractivity contribution in [2.45, 2.75) is 6.92 Å². The number of ether oxygens (including phenoxy) is 2. The van der Waals surface area contributed by atoms with E-state index in [2.05, 4.69) is 22.0 Å². The molecule has 0 heterocycles. The molecule has 0 bridgehead atoms. The van der Waals surface area contributed by atoms with Gasteiger partial charge in [-0.25, -0.2) is 0 Å². The van der Waals surface area contributed by atoms with Crippen LogP contribution in [0.1, 0.15) is 11.1 Å². The van der Waals surface area contributed by atoms with Gasteiger partial charge in [-0.3, -0.25) is 0 Å². The molecule has 3 nitrogen and oxygen atoms in total. The molecule has 0 atom stereocenters. The molecule has 0 aliphatic rings. The predicted octanol–water partition coefficient (Wildman–Crippen LogP) is 4.09. The Balaban J connectivity index is 1.83. The summed E-state index contributed by atoms with van der Waals surface area (Å²) in [7, 11) is 0. The number of nitrogens with zero attached hydrogens (tertiary/aromatic N) is 1. The summed E-state index contributed by atoms with van der Waals surface area (Å²) < 4.78 is 12.2. The van der Waals surface area contributed by atoms with Gasteiger partial charge in [0.2, 0.25) is 0 Å². The molecule has 2 aromatic rings. The molecule has 0 aromatic heterocycles. The Labute approximate surface area is 126 Å². The summed E-state index contributed by atoms with van der Waals surface area (Å²) in [6.45, 7) is 2.89. The van der Waals surface area contributed by atoms with E-state index in [0.29, 0.717) is 24.5 Å². The van der Waals surface area contributed by atoms with Gasteiger partial charge in [0.25, 0.3) is 0 Å². The number of aryl methyl sites for hydroxylation is 1. The summed E-state index contributed by atoms with van der Waals surface area (Å²) in [4.78, 5) is 0. The molecule has 0 aliphatic heterocycles. The van der Waals surface area contributed by atoms with Gasteiger partial charge in [0.1, 0.15) is 24.7 Å². The first-order valence-electron chi connectivity index (χ1n) is 6.21. The van der Waals surface area contributed by atoms with Gasteiger partial charge in [0.15, 0.2) is 0 Å². The molecule has 0 fully saturated rings. The molecule has 2 aromatic carbocycles. The molecule has 0 saturated carbocycles. The number of halogens is 1. The lowest BCUT2D eigenvalue weighted by atomic mass is 10.2. The fraction of sp³-hybridized carbons (Fsp3) is 0.188. The second-order valence-electron chi connectivity index (χ2n) is 4.25. The fourth-order valence-corrected chi connectivity index (χ4v) is 2.22. The first-order chi connectivity index (χ1) is 9.69. The number of hydrogen-bond donors (Lipinski definition) is 0. The SMILES string of the molecule is Cc1cc(Br)ccc1OCCOc1cccc(C#N)c1. The third-order valence-corrected chi connectivity index (χ3v) is 3.20. The molecule has 20 heavy (non-hydrogen) atoms. The van der Waals surface area contributed by atoms with E-state index in [-0.39, 0.29) is 0 Å². The first-order valence-corrected chi connectivity index (χ1v) is 7.00. The van der Waals surface area contributed by atoms with Gasteiger partial charge in [0.05, 0.1) is 11.6 Å². The van der Waals surface area contributed by atoms with Gasteiger partial charge in [0, 0.05) is 4.47 Å². The van der Waals surface area contributed by atoms with Crippen molar-refractivity contribution >= 4 is 15.9 Å². The molecule has 0 N–H and O–H groups in total. The minimum atomic E-state index is 0.435. The summed E-state index contributed by atoms with van der Waals surface area (Å²) >= 11 is 3.42. The number of hydrogen-bond acceptors (Lipinski definition) is 3. The van der Waals surface area contributed by atoms with Crippen LogP contribution in [0.15, 0.2) is 46.9 Å². The van der Waals surface area contributed by atoms with Crippen molar-refractivity contribution in [2.24, 2.45) is 0 Å². The Morgan fingerprint density at radius 2 is 1.90 bits per heavy atom. The van der Waals surface area contributed by atoms with E-state index >= 15 is 0 Å². The molecule has 4 heteroatoms. The summed E-state index contributed by atoms with van der Waals surface area (Å²) in [5.74, 6) is 1.53. The lowest BCUT2D eigenvalue weighted by molar-refractivity contribution is 0.216. The Morgan fingerprint density at radius 1 is 1.10 bits per heavy atom. The molecule has 0 unspecified atom stereocenters.